The Hall–Kier alpha value is -1.46. The number of rotatable bonds is 5. The zero-order valence-corrected chi connectivity index (χ0v) is 11.8. The molecule has 1 aromatic rings. The van der Waals surface area contributed by atoms with E-state index >= 15 is 0 Å². The first kappa shape index (κ1) is 14.9. The molecule has 1 saturated carbocycles. The minimum atomic E-state index is -0.776. The Morgan fingerprint density at radius 2 is 2.20 bits per heavy atom. The molecule has 2 rings (SSSR count). The van der Waals surface area contributed by atoms with Crippen LogP contribution < -0.4 is 5.32 Å². The number of pyridine rings is 1. The number of nitrogens with one attached hydrogen (secondary N) is 1. The highest BCUT2D eigenvalue weighted by Crippen LogP contribution is 2.31. The number of aromatic nitrogens is 1. The van der Waals surface area contributed by atoms with Crippen LogP contribution in [0.2, 0.25) is 0 Å². The number of hydrogen-bond acceptors (Lipinski definition) is 4. The van der Waals surface area contributed by atoms with E-state index in [9.17, 15) is 9.90 Å². The van der Waals surface area contributed by atoms with E-state index in [0.29, 0.717) is 38.8 Å². The molecule has 1 aliphatic carbocycles. The fraction of sp³-hybridized carbons (Fsp3) is 0.600. The number of nitrogens with zero attached hydrogens (tertiary/aromatic N) is 1. The SMILES string of the molecule is Cc1ccncc1CNCC1(O)CCC(C(=O)O)CC1. The van der Waals surface area contributed by atoms with Crippen molar-refractivity contribution in [2.24, 2.45) is 5.92 Å². The molecule has 20 heavy (non-hydrogen) atoms. The summed E-state index contributed by atoms with van der Waals surface area (Å²) in [5.74, 6) is -1.04. The highest BCUT2D eigenvalue weighted by atomic mass is 16.4. The van der Waals surface area contributed by atoms with Gasteiger partial charge in [-0.15, -0.1) is 0 Å². The molecule has 1 fully saturated rings. The van der Waals surface area contributed by atoms with Crippen LogP contribution in [0.4, 0.5) is 0 Å². The Labute approximate surface area is 119 Å². The van der Waals surface area contributed by atoms with Crippen LogP contribution in [0.25, 0.3) is 0 Å². The van der Waals surface area contributed by atoms with Gasteiger partial charge in [0.05, 0.1) is 11.5 Å². The first-order valence-corrected chi connectivity index (χ1v) is 7.05. The van der Waals surface area contributed by atoms with Crippen molar-refractivity contribution < 1.29 is 15.0 Å². The van der Waals surface area contributed by atoms with Crippen LogP contribution in [0.15, 0.2) is 18.5 Å². The lowest BCUT2D eigenvalue weighted by Gasteiger charge is -2.34. The fourth-order valence-corrected chi connectivity index (χ4v) is 2.69. The maximum atomic E-state index is 10.9. The van der Waals surface area contributed by atoms with Gasteiger partial charge < -0.3 is 15.5 Å². The molecule has 1 aliphatic rings. The summed E-state index contributed by atoms with van der Waals surface area (Å²) in [7, 11) is 0. The maximum Gasteiger partial charge on any atom is 0.306 e. The van der Waals surface area contributed by atoms with E-state index in [4.69, 9.17) is 5.11 Å². The number of carboxylic acids is 1. The van der Waals surface area contributed by atoms with Gasteiger partial charge in [-0.25, -0.2) is 0 Å². The lowest BCUT2D eigenvalue weighted by molar-refractivity contribution is -0.144. The highest BCUT2D eigenvalue weighted by Gasteiger charge is 2.35. The topological polar surface area (TPSA) is 82.5 Å². The van der Waals surface area contributed by atoms with Crippen LogP contribution in [-0.4, -0.2) is 33.3 Å². The normalized spacial score (nSPS) is 26.4. The average molecular weight is 278 g/mol. The highest BCUT2D eigenvalue weighted by molar-refractivity contribution is 5.70. The van der Waals surface area contributed by atoms with Crippen molar-refractivity contribution in [2.45, 2.75) is 44.8 Å². The van der Waals surface area contributed by atoms with Crippen LogP contribution in [0.3, 0.4) is 0 Å². The summed E-state index contributed by atoms with van der Waals surface area (Å²) in [5, 5.41) is 22.7. The lowest BCUT2D eigenvalue weighted by atomic mass is 9.79. The van der Waals surface area contributed by atoms with Gasteiger partial charge in [-0.05, 0) is 49.8 Å². The molecule has 0 unspecified atom stereocenters. The van der Waals surface area contributed by atoms with Crippen LogP contribution in [-0.2, 0) is 11.3 Å². The molecule has 0 aliphatic heterocycles. The Bertz CT molecular complexity index is 468. The molecule has 0 saturated heterocycles. The molecule has 1 heterocycles. The molecule has 1 aromatic heterocycles. The standard InChI is InChI=1S/C15H22N2O3/c1-11-4-7-16-8-13(11)9-17-10-15(20)5-2-12(3-6-15)14(18)19/h4,7-8,12,17,20H,2-3,5-6,9-10H2,1H3,(H,18,19). The number of aliphatic carboxylic acids is 1. The van der Waals surface area contributed by atoms with Crippen molar-refractivity contribution in [3.8, 4) is 0 Å². The molecule has 0 amide bonds. The van der Waals surface area contributed by atoms with Crippen LogP contribution in [0, 0.1) is 12.8 Å². The summed E-state index contributed by atoms with van der Waals surface area (Å²) >= 11 is 0. The minimum Gasteiger partial charge on any atom is -0.481 e. The Kier molecular flexibility index (Phi) is 4.73. The monoisotopic (exact) mass is 278 g/mol. The number of carbonyl (C=O) groups is 1. The van der Waals surface area contributed by atoms with Crippen LogP contribution in [0.1, 0.15) is 36.8 Å². The first-order chi connectivity index (χ1) is 9.50. The Morgan fingerprint density at radius 1 is 1.50 bits per heavy atom. The minimum absolute atomic E-state index is 0.296. The van der Waals surface area contributed by atoms with Gasteiger partial charge in [0.1, 0.15) is 0 Å². The van der Waals surface area contributed by atoms with Crippen molar-refractivity contribution >= 4 is 5.97 Å². The molecule has 0 spiro atoms. The molecule has 5 nitrogen and oxygen atoms in total. The number of aryl methyl sites for hydroxylation is 1. The zero-order chi connectivity index (χ0) is 14.6. The second kappa shape index (κ2) is 6.33. The van der Waals surface area contributed by atoms with Crippen molar-refractivity contribution in [3.63, 3.8) is 0 Å². The summed E-state index contributed by atoms with van der Waals surface area (Å²) in [6, 6.07) is 1.96. The van der Waals surface area contributed by atoms with Gasteiger partial charge in [-0.3, -0.25) is 9.78 Å². The van der Waals surface area contributed by atoms with E-state index in [1.54, 1.807) is 6.20 Å². The number of carboxylic acid groups (broad SMARTS) is 1. The van der Waals surface area contributed by atoms with E-state index in [1.165, 1.54) is 5.56 Å². The molecular formula is C15H22N2O3. The van der Waals surface area contributed by atoms with Gasteiger partial charge in [0.25, 0.3) is 0 Å². The summed E-state index contributed by atoms with van der Waals surface area (Å²) < 4.78 is 0. The molecular weight excluding hydrogens is 256 g/mol. The molecule has 0 aromatic carbocycles. The third kappa shape index (κ3) is 3.77. The van der Waals surface area contributed by atoms with E-state index in [2.05, 4.69) is 10.3 Å². The van der Waals surface area contributed by atoms with Gasteiger partial charge in [-0.2, -0.15) is 0 Å². The van der Waals surface area contributed by atoms with Crippen molar-refractivity contribution in [1.82, 2.24) is 10.3 Å². The van der Waals surface area contributed by atoms with Crippen molar-refractivity contribution in [2.75, 3.05) is 6.54 Å². The molecule has 0 radical (unpaired) electrons. The Morgan fingerprint density at radius 3 is 2.80 bits per heavy atom. The predicted octanol–water partition coefficient (Wildman–Crippen LogP) is 1.49. The smallest absolute Gasteiger partial charge is 0.306 e. The molecule has 0 atom stereocenters. The largest absolute Gasteiger partial charge is 0.481 e. The summed E-state index contributed by atoms with van der Waals surface area (Å²) in [6.45, 7) is 3.20. The first-order valence-electron chi connectivity index (χ1n) is 7.05. The third-order valence-corrected chi connectivity index (χ3v) is 4.18. The molecule has 110 valence electrons. The van der Waals surface area contributed by atoms with Crippen molar-refractivity contribution in [3.05, 3.63) is 29.6 Å². The van der Waals surface area contributed by atoms with Gasteiger partial charge in [0.15, 0.2) is 0 Å². The second-order valence-electron chi connectivity index (χ2n) is 5.74. The van der Waals surface area contributed by atoms with Crippen LogP contribution in [0.5, 0.6) is 0 Å². The van der Waals surface area contributed by atoms with Gasteiger partial charge in [0, 0.05) is 25.5 Å². The third-order valence-electron chi connectivity index (χ3n) is 4.18. The van der Waals surface area contributed by atoms with Gasteiger partial charge >= 0.3 is 5.97 Å². The molecule has 5 heteroatoms. The Balaban J connectivity index is 1.80. The molecule has 3 N–H and O–H groups in total. The average Bonchev–Trinajstić information content (AvgIpc) is 2.41. The zero-order valence-electron chi connectivity index (χ0n) is 11.8. The quantitative estimate of drug-likeness (QED) is 0.760. The second-order valence-corrected chi connectivity index (χ2v) is 5.74. The fourth-order valence-electron chi connectivity index (χ4n) is 2.69. The van der Waals surface area contributed by atoms with E-state index in [-0.39, 0.29) is 5.92 Å². The van der Waals surface area contributed by atoms with Gasteiger partial charge in [0.2, 0.25) is 0 Å². The van der Waals surface area contributed by atoms with Crippen molar-refractivity contribution in [1.29, 1.82) is 0 Å². The van der Waals surface area contributed by atoms with E-state index in [1.807, 2.05) is 19.2 Å². The predicted molar refractivity (Wildman–Crippen MR) is 75.2 cm³/mol. The maximum absolute atomic E-state index is 10.9. The summed E-state index contributed by atoms with van der Waals surface area (Å²) in [4.78, 5) is 15.0. The van der Waals surface area contributed by atoms with Crippen LogP contribution >= 0.6 is 0 Å². The van der Waals surface area contributed by atoms with E-state index < -0.39 is 11.6 Å². The number of aliphatic hydroxyl groups is 1. The summed E-state index contributed by atoms with van der Waals surface area (Å²) in [6.07, 6.45) is 5.79. The van der Waals surface area contributed by atoms with E-state index in [0.717, 1.165) is 5.56 Å². The molecule has 0 bridgehead atoms. The number of hydrogen-bond donors (Lipinski definition) is 3. The van der Waals surface area contributed by atoms with Gasteiger partial charge in [-0.1, -0.05) is 0 Å². The lowest BCUT2D eigenvalue weighted by Crippen LogP contribution is -2.44. The summed E-state index contributed by atoms with van der Waals surface area (Å²) in [5.41, 5.74) is 1.52.